The van der Waals surface area contributed by atoms with E-state index in [4.69, 9.17) is 15.0 Å². The zero-order valence-corrected chi connectivity index (χ0v) is 11.7. The molecule has 0 rings (SSSR count). The molecule has 0 aliphatic heterocycles. The minimum absolute atomic E-state index is 0.368. The third-order valence-corrected chi connectivity index (χ3v) is 2.80. The van der Waals surface area contributed by atoms with Crippen molar-refractivity contribution in [3.05, 3.63) is 0 Å². The van der Waals surface area contributed by atoms with Crippen molar-refractivity contribution in [2.75, 3.05) is 6.61 Å². The lowest BCUT2D eigenvalue weighted by Gasteiger charge is -2.07. The second-order valence-corrected chi connectivity index (χ2v) is 4.67. The number of carbonyl (C=O) groups is 1. The number of aliphatic hydroxyl groups is 1. The highest BCUT2D eigenvalue weighted by Crippen LogP contribution is 2.13. The molecule has 0 aliphatic rings. The molecule has 0 aliphatic carbocycles. The Balaban J connectivity index is 0. The molecule has 3 nitrogen and oxygen atoms in total. The van der Waals surface area contributed by atoms with E-state index < -0.39 is 5.97 Å². The van der Waals surface area contributed by atoms with Gasteiger partial charge in [-0.2, -0.15) is 0 Å². The first-order valence-corrected chi connectivity index (χ1v) is 6.84. The van der Waals surface area contributed by atoms with Gasteiger partial charge in [0.05, 0.1) is 0 Å². The molecular formula is C14H30O3. The molecule has 0 aromatic heterocycles. The van der Waals surface area contributed by atoms with Gasteiger partial charge >= 0.3 is 0 Å². The summed E-state index contributed by atoms with van der Waals surface area (Å²) in [5.41, 5.74) is 0. The molecule has 0 aromatic carbocycles. The summed E-state index contributed by atoms with van der Waals surface area (Å²) in [5.74, 6) is 0.0810. The van der Waals surface area contributed by atoms with Crippen LogP contribution in [0.3, 0.4) is 0 Å². The average Bonchev–Trinajstić information content (AvgIpc) is 2.26. The number of aliphatic hydroxyl groups excluding tert-OH is 1. The van der Waals surface area contributed by atoms with E-state index in [1.165, 1.54) is 44.9 Å². The zero-order valence-electron chi connectivity index (χ0n) is 11.7. The first-order chi connectivity index (χ1) is 8.04. The van der Waals surface area contributed by atoms with Crippen LogP contribution < -0.4 is 0 Å². The molecule has 1 atom stereocenters. The largest absolute Gasteiger partial charge is 0.481 e. The highest BCUT2D eigenvalue weighted by Gasteiger charge is 1.97. The van der Waals surface area contributed by atoms with Gasteiger partial charge in [0.2, 0.25) is 0 Å². The highest BCUT2D eigenvalue weighted by atomic mass is 16.4. The van der Waals surface area contributed by atoms with Gasteiger partial charge in [-0.05, 0) is 12.3 Å². The molecule has 0 bridgehead atoms. The molecule has 0 spiro atoms. The number of hydrogen-bond donors (Lipinski definition) is 2. The standard InChI is InChI=1S/C12H26O.C2H4O2/c1-3-12(2)10-8-6-4-5-7-9-11-13;1-2(3)4/h12-13H,3-11H2,1-2H3;1H3,(H,3,4). The zero-order chi connectivity index (χ0) is 13.5. The van der Waals surface area contributed by atoms with Gasteiger partial charge in [-0.25, -0.2) is 0 Å². The van der Waals surface area contributed by atoms with Crippen LogP contribution in [0.5, 0.6) is 0 Å². The normalized spacial score (nSPS) is 11.5. The number of unbranched alkanes of at least 4 members (excludes halogenated alkanes) is 5. The topological polar surface area (TPSA) is 57.5 Å². The Morgan fingerprint density at radius 3 is 1.88 bits per heavy atom. The summed E-state index contributed by atoms with van der Waals surface area (Å²) in [4.78, 5) is 9.00. The summed E-state index contributed by atoms with van der Waals surface area (Å²) in [6.45, 7) is 6.06. The van der Waals surface area contributed by atoms with E-state index in [-0.39, 0.29) is 0 Å². The lowest BCUT2D eigenvalue weighted by Crippen LogP contribution is -1.91. The van der Waals surface area contributed by atoms with E-state index in [0.29, 0.717) is 6.61 Å². The van der Waals surface area contributed by atoms with Crippen LogP contribution in [0.4, 0.5) is 0 Å². The molecule has 104 valence electrons. The van der Waals surface area contributed by atoms with Crippen LogP contribution in [0, 0.1) is 5.92 Å². The first-order valence-electron chi connectivity index (χ1n) is 6.84. The minimum atomic E-state index is -0.833. The maximum absolute atomic E-state index is 9.00. The smallest absolute Gasteiger partial charge is 0.300 e. The van der Waals surface area contributed by atoms with Crippen molar-refractivity contribution >= 4 is 5.97 Å². The van der Waals surface area contributed by atoms with Crippen molar-refractivity contribution in [2.45, 2.75) is 72.1 Å². The summed E-state index contributed by atoms with van der Waals surface area (Å²) in [6.07, 6.45) is 10.4. The minimum Gasteiger partial charge on any atom is -0.481 e. The van der Waals surface area contributed by atoms with Gasteiger partial charge in [0.1, 0.15) is 0 Å². The molecule has 1 unspecified atom stereocenters. The van der Waals surface area contributed by atoms with Crippen LogP contribution in [-0.4, -0.2) is 22.8 Å². The molecule has 2 N–H and O–H groups in total. The molecular weight excluding hydrogens is 216 g/mol. The van der Waals surface area contributed by atoms with Crippen LogP contribution >= 0.6 is 0 Å². The quantitative estimate of drug-likeness (QED) is 0.608. The Kier molecular flexibility index (Phi) is 17.1. The molecule has 0 radical (unpaired) electrons. The fourth-order valence-electron chi connectivity index (χ4n) is 1.52. The van der Waals surface area contributed by atoms with E-state index in [1.807, 2.05) is 0 Å². The summed E-state index contributed by atoms with van der Waals surface area (Å²) >= 11 is 0. The predicted octanol–water partition coefficient (Wildman–Crippen LogP) is 3.85. The van der Waals surface area contributed by atoms with Crippen LogP contribution in [0.15, 0.2) is 0 Å². The molecule has 0 fully saturated rings. The molecule has 0 heterocycles. The molecule has 3 heteroatoms. The van der Waals surface area contributed by atoms with Crippen molar-refractivity contribution in [3.8, 4) is 0 Å². The van der Waals surface area contributed by atoms with Crippen molar-refractivity contribution in [3.63, 3.8) is 0 Å². The molecule has 0 amide bonds. The first kappa shape index (κ1) is 18.8. The molecule has 0 saturated heterocycles. The van der Waals surface area contributed by atoms with E-state index in [2.05, 4.69) is 13.8 Å². The monoisotopic (exact) mass is 246 g/mol. The van der Waals surface area contributed by atoms with Crippen LogP contribution in [0.1, 0.15) is 72.1 Å². The van der Waals surface area contributed by atoms with E-state index in [9.17, 15) is 0 Å². The number of rotatable bonds is 9. The maximum atomic E-state index is 9.00. The fraction of sp³-hybridized carbons (Fsp3) is 0.929. The Morgan fingerprint density at radius 2 is 1.47 bits per heavy atom. The molecule has 17 heavy (non-hydrogen) atoms. The summed E-state index contributed by atoms with van der Waals surface area (Å²) < 4.78 is 0. The number of carboxylic acid groups (broad SMARTS) is 1. The van der Waals surface area contributed by atoms with Gasteiger partial charge in [-0.1, -0.05) is 58.8 Å². The van der Waals surface area contributed by atoms with Gasteiger partial charge in [0.25, 0.3) is 5.97 Å². The average molecular weight is 246 g/mol. The molecule has 0 aromatic rings. The lowest BCUT2D eigenvalue weighted by molar-refractivity contribution is -0.134. The van der Waals surface area contributed by atoms with E-state index >= 15 is 0 Å². The third-order valence-electron chi connectivity index (χ3n) is 2.80. The Labute approximate surface area is 106 Å². The fourth-order valence-corrected chi connectivity index (χ4v) is 1.52. The van der Waals surface area contributed by atoms with Crippen molar-refractivity contribution < 1.29 is 15.0 Å². The third kappa shape index (κ3) is 25.6. The van der Waals surface area contributed by atoms with Gasteiger partial charge in [0.15, 0.2) is 0 Å². The van der Waals surface area contributed by atoms with Gasteiger partial charge in [-0.3, -0.25) is 4.79 Å². The highest BCUT2D eigenvalue weighted by molar-refractivity contribution is 5.62. The molecule has 0 saturated carbocycles. The van der Waals surface area contributed by atoms with Gasteiger partial charge < -0.3 is 10.2 Å². The van der Waals surface area contributed by atoms with Crippen molar-refractivity contribution in [1.29, 1.82) is 0 Å². The number of carboxylic acids is 1. The second kappa shape index (κ2) is 15.4. The maximum Gasteiger partial charge on any atom is 0.300 e. The summed E-state index contributed by atoms with van der Waals surface area (Å²) in [5, 5.41) is 16.0. The van der Waals surface area contributed by atoms with Gasteiger partial charge in [-0.15, -0.1) is 0 Å². The van der Waals surface area contributed by atoms with Crippen molar-refractivity contribution in [1.82, 2.24) is 0 Å². The van der Waals surface area contributed by atoms with E-state index in [1.54, 1.807) is 0 Å². The number of aliphatic carboxylic acids is 1. The summed E-state index contributed by atoms with van der Waals surface area (Å²) in [7, 11) is 0. The Morgan fingerprint density at radius 1 is 1.06 bits per heavy atom. The Hall–Kier alpha value is -0.570. The van der Waals surface area contributed by atoms with Crippen LogP contribution in [-0.2, 0) is 4.79 Å². The van der Waals surface area contributed by atoms with Crippen LogP contribution in [0.25, 0.3) is 0 Å². The SMILES string of the molecule is CC(=O)O.CCC(C)CCCCCCCCO. The second-order valence-electron chi connectivity index (χ2n) is 4.67. The van der Waals surface area contributed by atoms with E-state index in [0.717, 1.165) is 19.3 Å². The lowest BCUT2D eigenvalue weighted by atomic mass is 10.00. The Bertz CT molecular complexity index is 154. The van der Waals surface area contributed by atoms with Gasteiger partial charge in [0, 0.05) is 13.5 Å². The van der Waals surface area contributed by atoms with Crippen LogP contribution in [0.2, 0.25) is 0 Å². The summed E-state index contributed by atoms with van der Waals surface area (Å²) in [6, 6.07) is 0. The number of hydrogen-bond acceptors (Lipinski definition) is 2. The predicted molar refractivity (Wildman–Crippen MR) is 72.2 cm³/mol. The van der Waals surface area contributed by atoms with Crippen molar-refractivity contribution in [2.24, 2.45) is 5.92 Å².